The van der Waals surface area contributed by atoms with Crippen LogP contribution in [0.3, 0.4) is 0 Å². The fraction of sp³-hybridized carbons (Fsp3) is 0.154. The van der Waals surface area contributed by atoms with E-state index in [-0.39, 0.29) is 5.69 Å². The molecule has 2 aromatic heterocycles. The molecule has 1 N–H and O–H groups in total. The van der Waals surface area contributed by atoms with Crippen molar-refractivity contribution in [3.63, 3.8) is 0 Å². The van der Waals surface area contributed by atoms with Gasteiger partial charge in [-0.3, -0.25) is 4.40 Å². The van der Waals surface area contributed by atoms with Crippen LogP contribution in [0.15, 0.2) is 29.8 Å². The highest BCUT2D eigenvalue weighted by molar-refractivity contribution is 7.15. The highest BCUT2D eigenvalue weighted by Crippen LogP contribution is 2.20. The highest BCUT2D eigenvalue weighted by atomic mass is 32.1. The molecule has 3 aromatic rings. The summed E-state index contributed by atoms with van der Waals surface area (Å²) >= 11 is 1.54. The molecule has 0 aliphatic carbocycles. The Labute approximate surface area is 112 Å². The summed E-state index contributed by atoms with van der Waals surface area (Å²) in [7, 11) is 0. The number of nitrogens with zero attached hydrogens (tertiary/aromatic N) is 2. The number of fused-ring (bicyclic) bond motifs is 1. The van der Waals surface area contributed by atoms with E-state index in [2.05, 4.69) is 10.3 Å². The third-order valence-corrected chi connectivity index (χ3v) is 3.72. The summed E-state index contributed by atoms with van der Waals surface area (Å²) in [5, 5.41) is 4.85. The molecule has 0 saturated carbocycles. The second-order valence-electron chi connectivity index (χ2n) is 4.15. The van der Waals surface area contributed by atoms with Gasteiger partial charge in [0, 0.05) is 11.6 Å². The van der Waals surface area contributed by atoms with Crippen LogP contribution in [0.5, 0.6) is 0 Å². The number of hydrogen-bond acceptors (Lipinski definition) is 3. The van der Waals surface area contributed by atoms with Gasteiger partial charge in [0.2, 0.25) is 0 Å². The first-order valence-electron chi connectivity index (χ1n) is 5.75. The Bertz CT molecular complexity index is 733. The maximum absolute atomic E-state index is 13.5. The first-order chi connectivity index (χ1) is 9.16. The topological polar surface area (TPSA) is 29.3 Å². The number of anilines is 1. The van der Waals surface area contributed by atoms with Crippen molar-refractivity contribution in [1.82, 2.24) is 9.38 Å². The van der Waals surface area contributed by atoms with Crippen LogP contribution in [-0.4, -0.2) is 9.38 Å². The number of nitrogens with one attached hydrogen (secondary N) is 1. The van der Waals surface area contributed by atoms with Gasteiger partial charge < -0.3 is 5.32 Å². The number of halogens is 2. The molecular formula is C13H11F2N3S. The van der Waals surface area contributed by atoms with Gasteiger partial charge in [-0.1, -0.05) is 6.07 Å². The van der Waals surface area contributed by atoms with Crippen molar-refractivity contribution in [3.8, 4) is 0 Å². The highest BCUT2D eigenvalue weighted by Gasteiger charge is 2.11. The molecule has 0 unspecified atom stereocenters. The van der Waals surface area contributed by atoms with Crippen LogP contribution in [-0.2, 0) is 6.54 Å². The van der Waals surface area contributed by atoms with Crippen LogP contribution < -0.4 is 5.32 Å². The predicted molar refractivity (Wildman–Crippen MR) is 71.5 cm³/mol. The molecule has 6 heteroatoms. The minimum atomic E-state index is -0.855. The molecule has 0 spiro atoms. The molecule has 0 atom stereocenters. The largest absolute Gasteiger partial charge is 0.377 e. The minimum absolute atomic E-state index is 0.157. The first-order valence-corrected chi connectivity index (χ1v) is 6.63. The van der Waals surface area contributed by atoms with Crippen molar-refractivity contribution < 1.29 is 8.78 Å². The Morgan fingerprint density at radius 2 is 2.21 bits per heavy atom. The van der Waals surface area contributed by atoms with Crippen molar-refractivity contribution in [2.24, 2.45) is 0 Å². The Kier molecular flexibility index (Phi) is 2.94. The molecule has 19 heavy (non-hydrogen) atoms. The van der Waals surface area contributed by atoms with E-state index in [4.69, 9.17) is 0 Å². The van der Waals surface area contributed by atoms with Crippen LogP contribution in [0.1, 0.15) is 11.4 Å². The van der Waals surface area contributed by atoms with Gasteiger partial charge >= 0.3 is 0 Å². The fourth-order valence-electron chi connectivity index (χ4n) is 1.97. The van der Waals surface area contributed by atoms with Gasteiger partial charge in [-0.2, -0.15) is 0 Å². The molecule has 0 saturated heterocycles. The van der Waals surface area contributed by atoms with Crippen LogP contribution >= 0.6 is 11.3 Å². The van der Waals surface area contributed by atoms with E-state index in [1.807, 2.05) is 22.9 Å². The molecular weight excluding hydrogens is 268 g/mol. The zero-order valence-corrected chi connectivity index (χ0v) is 11.0. The first kappa shape index (κ1) is 12.1. The number of aromatic nitrogens is 2. The van der Waals surface area contributed by atoms with Gasteiger partial charge in [-0.05, 0) is 19.1 Å². The Morgan fingerprint density at radius 3 is 3.05 bits per heavy atom. The molecule has 0 fully saturated rings. The number of thiazole rings is 1. The maximum atomic E-state index is 13.5. The SMILES string of the molecule is Cc1nc2sccn2c1CNc1cccc(F)c1F. The lowest BCUT2D eigenvalue weighted by Crippen LogP contribution is -2.05. The second-order valence-corrected chi connectivity index (χ2v) is 5.03. The molecule has 0 bridgehead atoms. The Balaban J connectivity index is 1.88. The fourth-order valence-corrected chi connectivity index (χ4v) is 2.75. The summed E-state index contributed by atoms with van der Waals surface area (Å²) in [6.45, 7) is 2.29. The van der Waals surface area contributed by atoms with E-state index in [1.165, 1.54) is 23.5 Å². The lowest BCUT2D eigenvalue weighted by Gasteiger charge is -2.08. The second kappa shape index (κ2) is 4.62. The molecule has 0 aliphatic rings. The molecule has 3 rings (SSSR count). The van der Waals surface area contributed by atoms with Gasteiger partial charge in [0.15, 0.2) is 16.6 Å². The molecule has 0 radical (unpaired) electrons. The summed E-state index contributed by atoms with van der Waals surface area (Å²) in [5.41, 5.74) is 1.99. The third kappa shape index (κ3) is 2.08. The molecule has 3 nitrogen and oxygen atoms in total. The summed E-state index contributed by atoms with van der Waals surface area (Å²) in [4.78, 5) is 5.30. The van der Waals surface area contributed by atoms with E-state index in [0.717, 1.165) is 22.4 Å². The number of aryl methyl sites for hydroxylation is 1. The van der Waals surface area contributed by atoms with Crippen molar-refractivity contribution in [2.75, 3.05) is 5.32 Å². The summed E-state index contributed by atoms with van der Waals surface area (Å²) < 4.78 is 28.6. The summed E-state index contributed by atoms with van der Waals surface area (Å²) in [6.07, 6.45) is 1.92. The quantitative estimate of drug-likeness (QED) is 0.794. The number of hydrogen-bond donors (Lipinski definition) is 1. The smallest absolute Gasteiger partial charge is 0.194 e. The minimum Gasteiger partial charge on any atom is -0.377 e. The Morgan fingerprint density at radius 1 is 1.37 bits per heavy atom. The molecule has 1 aromatic carbocycles. The van der Waals surface area contributed by atoms with Crippen molar-refractivity contribution in [3.05, 3.63) is 52.8 Å². The monoisotopic (exact) mass is 279 g/mol. The van der Waals surface area contributed by atoms with Gasteiger partial charge in [-0.25, -0.2) is 13.8 Å². The summed E-state index contributed by atoms with van der Waals surface area (Å²) in [5.74, 6) is -1.71. The number of imidazole rings is 1. The van der Waals surface area contributed by atoms with E-state index in [0.29, 0.717) is 6.54 Å². The van der Waals surface area contributed by atoms with Gasteiger partial charge in [0.25, 0.3) is 0 Å². The van der Waals surface area contributed by atoms with E-state index < -0.39 is 11.6 Å². The lowest BCUT2D eigenvalue weighted by atomic mass is 10.2. The zero-order chi connectivity index (χ0) is 13.4. The van der Waals surface area contributed by atoms with Crippen LogP contribution in [0, 0.1) is 18.6 Å². The van der Waals surface area contributed by atoms with Crippen LogP contribution in [0.4, 0.5) is 14.5 Å². The van der Waals surface area contributed by atoms with Gasteiger partial charge in [0.1, 0.15) is 0 Å². The Hall–Kier alpha value is -1.95. The molecule has 98 valence electrons. The molecule has 2 heterocycles. The summed E-state index contributed by atoms with van der Waals surface area (Å²) in [6, 6.07) is 4.09. The van der Waals surface area contributed by atoms with Crippen molar-refractivity contribution in [1.29, 1.82) is 0 Å². The van der Waals surface area contributed by atoms with Gasteiger partial charge in [0.05, 0.1) is 23.6 Å². The van der Waals surface area contributed by atoms with Crippen molar-refractivity contribution >= 4 is 22.0 Å². The van der Waals surface area contributed by atoms with Crippen LogP contribution in [0.25, 0.3) is 4.96 Å². The molecule has 0 aliphatic heterocycles. The average Bonchev–Trinajstić information content (AvgIpc) is 2.93. The predicted octanol–water partition coefficient (Wildman–Crippen LogP) is 3.59. The lowest BCUT2D eigenvalue weighted by molar-refractivity contribution is 0.511. The number of benzene rings is 1. The standard InChI is InChI=1S/C13H11F2N3S/c1-8-11(18-5-6-19-13(18)17-8)7-16-10-4-2-3-9(14)12(10)15/h2-6,16H,7H2,1H3. The zero-order valence-electron chi connectivity index (χ0n) is 10.2. The van der Waals surface area contributed by atoms with Crippen LogP contribution in [0.2, 0.25) is 0 Å². The van der Waals surface area contributed by atoms with Crippen molar-refractivity contribution in [2.45, 2.75) is 13.5 Å². The number of rotatable bonds is 3. The van der Waals surface area contributed by atoms with Gasteiger partial charge in [-0.15, -0.1) is 11.3 Å². The maximum Gasteiger partial charge on any atom is 0.194 e. The normalized spacial score (nSPS) is 11.1. The third-order valence-electron chi connectivity index (χ3n) is 2.96. The van der Waals surface area contributed by atoms with E-state index in [9.17, 15) is 8.78 Å². The van der Waals surface area contributed by atoms with E-state index >= 15 is 0 Å². The average molecular weight is 279 g/mol. The molecule has 0 amide bonds. The van der Waals surface area contributed by atoms with E-state index in [1.54, 1.807) is 0 Å².